The molecule has 0 bridgehead atoms. The van der Waals surface area contributed by atoms with Crippen LogP contribution in [0.4, 0.5) is 0 Å². The molecule has 4 nitrogen and oxygen atoms in total. The molecule has 0 fully saturated rings. The first kappa shape index (κ1) is 10.1. The van der Waals surface area contributed by atoms with Crippen LogP contribution in [-0.2, 0) is 14.4 Å². The third-order valence-electron chi connectivity index (χ3n) is 1.29. The molecule has 0 saturated carbocycles. The van der Waals surface area contributed by atoms with Crippen molar-refractivity contribution in [2.75, 3.05) is 0 Å². The molecule has 0 aliphatic carbocycles. The van der Waals surface area contributed by atoms with E-state index in [1.165, 1.54) is 6.92 Å². The van der Waals surface area contributed by atoms with Crippen LogP contribution < -0.4 is 5.90 Å². The Balaban J connectivity index is 3.14. The molecule has 0 atom stereocenters. The average Bonchev–Trinajstić information content (AvgIpc) is 1.97. The highest BCUT2D eigenvalue weighted by atomic mass is 16.7. The van der Waals surface area contributed by atoms with Crippen LogP contribution in [0.5, 0.6) is 0 Å². The van der Waals surface area contributed by atoms with E-state index in [9.17, 15) is 9.59 Å². The third kappa shape index (κ3) is 6.99. The van der Waals surface area contributed by atoms with Crippen molar-refractivity contribution in [3.05, 3.63) is 0 Å². The van der Waals surface area contributed by atoms with Crippen molar-refractivity contribution in [1.29, 1.82) is 0 Å². The van der Waals surface area contributed by atoms with Gasteiger partial charge in [0.1, 0.15) is 5.78 Å². The van der Waals surface area contributed by atoms with Crippen molar-refractivity contribution >= 4 is 11.8 Å². The molecule has 0 aliphatic heterocycles. The number of hydrogen-bond donors (Lipinski definition) is 1. The molecule has 0 aromatic carbocycles. The summed E-state index contributed by atoms with van der Waals surface area (Å²) in [5, 5.41) is 0. The highest BCUT2D eigenvalue weighted by Crippen LogP contribution is 2.00. The van der Waals surface area contributed by atoms with Gasteiger partial charge in [0, 0.05) is 12.8 Å². The fourth-order valence-corrected chi connectivity index (χ4v) is 0.702. The van der Waals surface area contributed by atoms with Crippen LogP contribution in [0.25, 0.3) is 0 Å². The second kappa shape index (κ2) is 5.85. The lowest BCUT2D eigenvalue weighted by molar-refractivity contribution is -0.144. The van der Waals surface area contributed by atoms with Crippen LogP contribution in [0.3, 0.4) is 0 Å². The van der Waals surface area contributed by atoms with Crippen molar-refractivity contribution < 1.29 is 14.4 Å². The first-order valence-electron chi connectivity index (χ1n) is 3.56. The van der Waals surface area contributed by atoms with Gasteiger partial charge >= 0.3 is 5.97 Å². The van der Waals surface area contributed by atoms with E-state index in [1.54, 1.807) is 0 Å². The fourth-order valence-electron chi connectivity index (χ4n) is 0.702. The highest BCUT2D eigenvalue weighted by Gasteiger charge is 2.00. The molecular weight excluding hydrogens is 146 g/mol. The van der Waals surface area contributed by atoms with Gasteiger partial charge in [-0.2, -0.15) is 5.90 Å². The van der Waals surface area contributed by atoms with Gasteiger partial charge in [-0.15, -0.1) is 0 Å². The molecule has 0 rings (SSSR count). The molecule has 2 N–H and O–H groups in total. The van der Waals surface area contributed by atoms with E-state index in [2.05, 4.69) is 10.7 Å². The Bertz CT molecular complexity index is 145. The van der Waals surface area contributed by atoms with E-state index >= 15 is 0 Å². The second-order valence-corrected chi connectivity index (χ2v) is 2.40. The Morgan fingerprint density at radius 1 is 1.27 bits per heavy atom. The quantitative estimate of drug-likeness (QED) is 0.470. The Labute approximate surface area is 65.7 Å². The molecule has 4 heteroatoms. The second-order valence-electron chi connectivity index (χ2n) is 2.40. The molecule has 0 heterocycles. The minimum Gasteiger partial charge on any atom is -0.373 e. The summed E-state index contributed by atoms with van der Waals surface area (Å²) in [7, 11) is 0. The van der Waals surface area contributed by atoms with E-state index in [1.807, 2.05) is 0 Å². The van der Waals surface area contributed by atoms with Crippen LogP contribution in [0.15, 0.2) is 0 Å². The summed E-state index contributed by atoms with van der Waals surface area (Å²) in [6.07, 6.45) is 2.21. The van der Waals surface area contributed by atoms with Crippen molar-refractivity contribution in [3.8, 4) is 0 Å². The Morgan fingerprint density at radius 3 is 2.27 bits per heavy atom. The van der Waals surface area contributed by atoms with Gasteiger partial charge in [-0.3, -0.25) is 4.79 Å². The SMILES string of the molecule is CC(=O)CCCCC(=O)ON. The maximum atomic E-state index is 10.4. The molecule has 0 aromatic heterocycles. The van der Waals surface area contributed by atoms with E-state index in [-0.39, 0.29) is 5.78 Å². The lowest BCUT2D eigenvalue weighted by Gasteiger charge is -1.96. The van der Waals surface area contributed by atoms with Crippen LogP contribution in [0.2, 0.25) is 0 Å². The zero-order valence-corrected chi connectivity index (χ0v) is 6.63. The number of nitrogens with two attached hydrogens (primary N) is 1. The van der Waals surface area contributed by atoms with Gasteiger partial charge in [0.2, 0.25) is 0 Å². The minimum absolute atomic E-state index is 0.145. The smallest absolute Gasteiger partial charge is 0.324 e. The molecular formula is C7H13NO3. The third-order valence-corrected chi connectivity index (χ3v) is 1.29. The molecule has 11 heavy (non-hydrogen) atoms. The predicted octanol–water partition coefficient (Wildman–Crippen LogP) is 0.553. The van der Waals surface area contributed by atoms with E-state index in [0.29, 0.717) is 19.3 Å². The van der Waals surface area contributed by atoms with Crippen LogP contribution >= 0.6 is 0 Å². The van der Waals surface area contributed by atoms with Crippen molar-refractivity contribution in [2.45, 2.75) is 32.6 Å². The number of unbranched alkanes of at least 4 members (excludes halogenated alkanes) is 1. The van der Waals surface area contributed by atoms with Crippen LogP contribution in [0, 0.1) is 0 Å². The number of ketones is 1. The Morgan fingerprint density at radius 2 is 1.82 bits per heavy atom. The minimum atomic E-state index is -0.423. The topological polar surface area (TPSA) is 69.4 Å². The van der Waals surface area contributed by atoms with E-state index < -0.39 is 5.97 Å². The predicted molar refractivity (Wildman–Crippen MR) is 39.4 cm³/mol. The molecule has 0 aliphatic rings. The van der Waals surface area contributed by atoms with Crippen molar-refractivity contribution in [2.24, 2.45) is 5.90 Å². The number of carbonyl (C=O) groups is 2. The number of Topliss-reactive ketones (excluding diaryl/α,β-unsaturated/α-hetero) is 1. The number of carbonyl (C=O) groups excluding carboxylic acids is 2. The first-order valence-corrected chi connectivity index (χ1v) is 3.56. The molecule has 0 saturated heterocycles. The summed E-state index contributed by atoms with van der Waals surface area (Å²) < 4.78 is 0. The van der Waals surface area contributed by atoms with Crippen molar-refractivity contribution in [1.82, 2.24) is 0 Å². The lowest BCUT2D eigenvalue weighted by Crippen LogP contribution is -2.09. The molecule has 0 radical (unpaired) electrons. The van der Waals surface area contributed by atoms with Gasteiger partial charge in [0.05, 0.1) is 0 Å². The zero-order chi connectivity index (χ0) is 8.69. The summed E-state index contributed by atoms with van der Waals surface area (Å²) in [4.78, 5) is 24.8. The molecule has 0 aromatic rings. The van der Waals surface area contributed by atoms with Crippen molar-refractivity contribution in [3.63, 3.8) is 0 Å². The summed E-state index contributed by atoms with van der Waals surface area (Å²) in [5.74, 6) is 4.32. The summed E-state index contributed by atoms with van der Waals surface area (Å²) in [6.45, 7) is 1.53. The molecule has 64 valence electrons. The summed E-state index contributed by atoms with van der Waals surface area (Å²) in [6, 6.07) is 0. The number of hydrogen-bond acceptors (Lipinski definition) is 4. The lowest BCUT2D eigenvalue weighted by atomic mass is 10.1. The monoisotopic (exact) mass is 159 g/mol. The van der Waals surface area contributed by atoms with Gasteiger partial charge in [-0.25, -0.2) is 0 Å². The normalized spacial score (nSPS) is 9.27. The largest absolute Gasteiger partial charge is 0.373 e. The highest BCUT2D eigenvalue weighted by molar-refractivity contribution is 5.75. The molecule has 0 amide bonds. The van der Waals surface area contributed by atoms with Gasteiger partial charge in [-0.05, 0) is 19.8 Å². The van der Waals surface area contributed by atoms with Gasteiger partial charge < -0.3 is 9.63 Å². The zero-order valence-electron chi connectivity index (χ0n) is 6.63. The Kier molecular flexibility index (Phi) is 5.37. The van der Waals surface area contributed by atoms with Gasteiger partial charge in [0.25, 0.3) is 0 Å². The van der Waals surface area contributed by atoms with Crippen LogP contribution in [0.1, 0.15) is 32.6 Å². The summed E-state index contributed by atoms with van der Waals surface area (Å²) in [5.41, 5.74) is 0. The standard InChI is InChI=1S/C7H13NO3/c1-6(9)4-2-3-5-7(10)11-8/h2-5,8H2,1H3. The fraction of sp³-hybridized carbons (Fsp3) is 0.714. The number of rotatable bonds is 5. The van der Waals surface area contributed by atoms with Crippen LogP contribution in [-0.4, -0.2) is 11.8 Å². The molecule has 0 spiro atoms. The maximum Gasteiger partial charge on any atom is 0.324 e. The van der Waals surface area contributed by atoms with Gasteiger partial charge in [-0.1, -0.05) is 0 Å². The van der Waals surface area contributed by atoms with Gasteiger partial charge in [0.15, 0.2) is 0 Å². The molecule has 0 unspecified atom stereocenters. The average molecular weight is 159 g/mol. The maximum absolute atomic E-state index is 10.4. The first-order chi connectivity index (χ1) is 5.16. The Hall–Kier alpha value is -0.900. The summed E-state index contributed by atoms with van der Waals surface area (Å²) >= 11 is 0. The van der Waals surface area contributed by atoms with E-state index in [4.69, 9.17) is 0 Å². The van der Waals surface area contributed by atoms with E-state index in [0.717, 1.165) is 6.42 Å².